The standard InChI is InChI=1S/C10H11NO4/c1-2-6-3-4-15-10(14)7(6)5-8(11)9(12)13/h1,3-4,8,10,14H,5,11H2,(H,12,13)/t8-,10?/m1/s1. The summed E-state index contributed by atoms with van der Waals surface area (Å²) in [5.41, 5.74) is 6.06. The number of aliphatic carboxylic acids is 1. The quantitative estimate of drug-likeness (QED) is 0.549. The average molecular weight is 209 g/mol. The minimum Gasteiger partial charge on any atom is -0.480 e. The van der Waals surface area contributed by atoms with Crippen molar-refractivity contribution in [2.24, 2.45) is 5.73 Å². The average Bonchev–Trinajstić information content (AvgIpc) is 2.20. The molecule has 0 saturated carbocycles. The summed E-state index contributed by atoms with van der Waals surface area (Å²) < 4.78 is 4.78. The van der Waals surface area contributed by atoms with Gasteiger partial charge in [-0.15, -0.1) is 6.42 Å². The van der Waals surface area contributed by atoms with E-state index in [0.29, 0.717) is 11.1 Å². The third-order valence-electron chi connectivity index (χ3n) is 2.00. The second-order valence-electron chi connectivity index (χ2n) is 3.02. The second kappa shape index (κ2) is 4.64. The van der Waals surface area contributed by atoms with Gasteiger partial charge in [-0.05, 0) is 6.08 Å². The number of nitrogens with two attached hydrogens (primary N) is 1. The molecule has 5 heteroatoms. The highest BCUT2D eigenvalue weighted by atomic mass is 16.6. The number of hydrogen-bond acceptors (Lipinski definition) is 4. The van der Waals surface area contributed by atoms with E-state index in [1.807, 2.05) is 0 Å². The summed E-state index contributed by atoms with van der Waals surface area (Å²) in [4.78, 5) is 10.5. The largest absolute Gasteiger partial charge is 0.480 e. The van der Waals surface area contributed by atoms with Crippen molar-refractivity contribution in [1.29, 1.82) is 0 Å². The van der Waals surface area contributed by atoms with Gasteiger partial charge in [0.2, 0.25) is 6.29 Å². The van der Waals surface area contributed by atoms with Crippen LogP contribution in [0.4, 0.5) is 0 Å². The number of carboxylic acids is 1. The number of ether oxygens (including phenoxy) is 1. The third kappa shape index (κ3) is 2.59. The fourth-order valence-corrected chi connectivity index (χ4v) is 1.18. The Morgan fingerprint density at radius 1 is 1.80 bits per heavy atom. The van der Waals surface area contributed by atoms with Crippen LogP contribution < -0.4 is 5.73 Å². The van der Waals surface area contributed by atoms with E-state index in [4.69, 9.17) is 22.0 Å². The van der Waals surface area contributed by atoms with Gasteiger partial charge in [0.25, 0.3) is 0 Å². The molecule has 5 nitrogen and oxygen atoms in total. The second-order valence-corrected chi connectivity index (χ2v) is 3.02. The molecule has 0 fully saturated rings. The molecule has 1 aliphatic heterocycles. The van der Waals surface area contributed by atoms with Crippen molar-refractivity contribution in [3.8, 4) is 12.3 Å². The molecule has 80 valence electrons. The molecule has 0 saturated heterocycles. The van der Waals surface area contributed by atoms with Crippen LogP contribution in [0.1, 0.15) is 6.42 Å². The van der Waals surface area contributed by atoms with Crippen LogP contribution in [-0.4, -0.2) is 28.5 Å². The third-order valence-corrected chi connectivity index (χ3v) is 2.00. The van der Waals surface area contributed by atoms with Crippen LogP contribution in [0.3, 0.4) is 0 Å². The Hall–Kier alpha value is -1.77. The van der Waals surface area contributed by atoms with E-state index in [-0.39, 0.29) is 6.42 Å². The maximum Gasteiger partial charge on any atom is 0.320 e. The summed E-state index contributed by atoms with van der Waals surface area (Å²) >= 11 is 0. The lowest BCUT2D eigenvalue weighted by atomic mass is 9.99. The van der Waals surface area contributed by atoms with Crippen LogP contribution in [0, 0.1) is 12.3 Å². The monoisotopic (exact) mass is 209 g/mol. The molecule has 0 spiro atoms. The summed E-state index contributed by atoms with van der Waals surface area (Å²) in [7, 11) is 0. The van der Waals surface area contributed by atoms with Gasteiger partial charge in [-0.3, -0.25) is 4.79 Å². The van der Waals surface area contributed by atoms with Crippen LogP contribution in [0.5, 0.6) is 0 Å². The first-order valence-electron chi connectivity index (χ1n) is 4.24. The predicted molar refractivity (Wildman–Crippen MR) is 52.3 cm³/mol. The Labute approximate surface area is 86.8 Å². The molecule has 4 N–H and O–H groups in total. The van der Waals surface area contributed by atoms with Gasteiger partial charge in [0.05, 0.1) is 6.26 Å². The Balaban J connectivity index is 2.89. The minimum absolute atomic E-state index is 0.0413. The van der Waals surface area contributed by atoms with Crippen molar-refractivity contribution in [2.75, 3.05) is 0 Å². The molecule has 0 radical (unpaired) electrons. The van der Waals surface area contributed by atoms with E-state index in [1.165, 1.54) is 12.3 Å². The summed E-state index contributed by atoms with van der Waals surface area (Å²) in [6.07, 6.45) is 6.68. The van der Waals surface area contributed by atoms with E-state index in [0.717, 1.165) is 0 Å². The molecule has 1 aliphatic rings. The molecule has 0 aromatic heterocycles. The Kier molecular flexibility index (Phi) is 3.50. The molecule has 1 rings (SSSR count). The molecule has 0 aliphatic carbocycles. The first-order valence-corrected chi connectivity index (χ1v) is 4.24. The molecule has 0 aromatic carbocycles. The Bertz CT molecular complexity index is 364. The normalized spacial score (nSPS) is 21.8. The van der Waals surface area contributed by atoms with Crippen molar-refractivity contribution >= 4 is 5.97 Å². The molecule has 0 aromatic rings. The van der Waals surface area contributed by atoms with Gasteiger partial charge in [-0.25, -0.2) is 0 Å². The van der Waals surface area contributed by atoms with Gasteiger partial charge in [0, 0.05) is 17.6 Å². The van der Waals surface area contributed by atoms with Crippen LogP contribution >= 0.6 is 0 Å². The fourth-order valence-electron chi connectivity index (χ4n) is 1.18. The van der Waals surface area contributed by atoms with E-state index in [2.05, 4.69) is 5.92 Å². The number of carboxylic acid groups (broad SMARTS) is 1. The maximum absolute atomic E-state index is 10.5. The van der Waals surface area contributed by atoms with E-state index in [9.17, 15) is 9.90 Å². The first kappa shape index (κ1) is 11.3. The molecule has 2 atom stereocenters. The highest BCUT2D eigenvalue weighted by molar-refractivity contribution is 5.73. The summed E-state index contributed by atoms with van der Waals surface area (Å²) in [5.74, 6) is 1.18. The number of aliphatic hydroxyl groups is 1. The molecule has 0 bridgehead atoms. The van der Waals surface area contributed by atoms with Crippen LogP contribution in [0.15, 0.2) is 23.5 Å². The molecule has 1 heterocycles. The van der Waals surface area contributed by atoms with Gasteiger partial charge >= 0.3 is 5.97 Å². The van der Waals surface area contributed by atoms with Gasteiger partial charge < -0.3 is 20.7 Å². The fraction of sp³-hybridized carbons (Fsp3) is 0.300. The lowest BCUT2D eigenvalue weighted by Crippen LogP contribution is -2.33. The van der Waals surface area contributed by atoms with Gasteiger partial charge in [0.15, 0.2) is 0 Å². The Morgan fingerprint density at radius 2 is 2.47 bits per heavy atom. The lowest BCUT2D eigenvalue weighted by molar-refractivity contribution is -0.138. The van der Waals surface area contributed by atoms with Crippen LogP contribution in [-0.2, 0) is 9.53 Å². The van der Waals surface area contributed by atoms with E-state index in [1.54, 1.807) is 0 Å². The summed E-state index contributed by atoms with van der Waals surface area (Å²) in [6, 6.07) is -1.10. The van der Waals surface area contributed by atoms with Crippen molar-refractivity contribution in [3.05, 3.63) is 23.5 Å². The topological polar surface area (TPSA) is 92.8 Å². The molecular weight excluding hydrogens is 198 g/mol. The zero-order chi connectivity index (χ0) is 11.4. The van der Waals surface area contributed by atoms with Crippen molar-refractivity contribution < 1.29 is 19.7 Å². The van der Waals surface area contributed by atoms with Crippen molar-refractivity contribution in [1.82, 2.24) is 0 Å². The van der Waals surface area contributed by atoms with Gasteiger partial charge in [0.1, 0.15) is 6.04 Å². The number of terminal acetylenes is 1. The predicted octanol–water partition coefficient (Wildman–Crippen LogP) is -0.420. The van der Waals surface area contributed by atoms with Gasteiger partial charge in [-0.2, -0.15) is 0 Å². The van der Waals surface area contributed by atoms with Crippen molar-refractivity contribution in [2.45, 2.75) is 18.8 Å². The maximum atomic E-state index is 10.5. The van der Waals surface area contributed by atoms with Crippen LogP contribution in [0.25, 0.3) is 0 Å². The lowest BCUT2D eigenvalue weighted by Gasteiger charge is -2.20. The van der Waals surface area contributed by atoms with Gasteiger partial charge in [-0.1, -0.05) is 5.92 Å². The summed E-state index contributed by atoms with van der Waals surface area (Å²) in [6.45, 7) is 0. The number of aliphatic hydroxyl groups excluding tert-OH is 1. The zero-order valence-corrected chi connectivity index (χ0v) is 7.88. The Morgan fingerprint density at radius 3 is 3.00 bits per heavy atom. The summed E-state index contributed by atoms with van der Waals surface area (Å²) in [5, 5.41) is 18.0. The minimum atomic E-state index is -1.22. The number of carbonyl (C=O) groups is 1. The van der Waals surface area contributed by atoms with Crippen molar-refractivity contribution in [3.63, 3.8) is 0 Å². The smallest absolute Gasteiger partial charge is 0.320 e. The van der Waals surface area contributed by atoms with Crippen LogP contribution in [0.2, 0.25) is 0 Å². The van der Waals surface area contributed by atoms with E-state index < -0.39 is 18.3 Å². The zero-order valence-electron chi connectivity index (χ0n) is 7.88. The van der Waals surface area contributed by atoms with E-state index >= 15 is 0 Å². The highest BCUT2D eigenvalue weighted by Crippen LogP contribution is 2.21. The molecule has 1 unspecified atom stereocenters. The molecule has 15 heavy (non-hydrogen) atoms. The molecular formula is C10H11NO4. The SMILES string of the molecule is C#CC1=C(C[C@@H](N)C(=O)O)C(O)OC=C1. The molecule has 0 amide bonds. The number of hydrogen-bond donors (Lipinski definition) is 3. The number of rotatable bonds is 3. The highest BCUT2D eigenvalue weighted by Gasteiger charge is 2.23. The number of allylic oxidation sites excluding steroid dienone is 2. The first-order chi connectivity index (χ1) is 7.06.